The highest BCUT2D eigenvalue weighted by Gasteiger charge is 2.23. The van der Waals surface area contributed by atoms with E-state index in [-0.39, 0.29) is 10.6 Å². The van der Waals surface area contributed by atoms with E-state index in [0.29, 0.717) is 16.8 Å². The van der Waals surface area contributed by atoms with Crippen LogP contribution < -0.4 is 8.92 Å². The number of aromatic nitrogens is 2. The first-order valence-corrected chi connectivity index (χ1v) is 8.04. The third-order valence-corrected chi connectivity index (χ3v) is 4.60. The molecule has 0 spiro atoms. The fourth-order valence-corrected chi connectivity index (χ4v) is 3.54. The maximum Gasteiger partial charge on any atom is 0.341 e. The van der Waals surface area contributed by atoms with E-state index in [9.17, 15) is 8.42 Å². The summed E-state index contributed by atoms with van der Waals surface area (Å²) >= 11 is 0.952. The molecule has 3 rings (SSSR count). The fourth-order valence-electron chi connectivity index (χ4n) is 1.83. The fraction of sp³-hybridized carbons (Fsp3) is 0.0769. The van der Waals surface area contributed by atoms with E-state index >= 15 is 0 Å². The van der Waals surface area contributed by atoms with Gasteiger partial charge < -0.3 is 8.92 Å². The van der Waals surface area contributed by atoms with Crippen molar-refractivity contribution in [2.45, 2.75) is 4.90 Å². The van der Waals surface area contributed by atoms with Crippen molar-refractivity contribution in [2.75, 3.05) is 7.11 Å². The number of hydrogen-bond acceptors (Lipinski definition) is 7. The third-order valence-electron chi connectivity index (χ3n) is 2.79. The first kappa shape index (κ1) is 13.8. The lowest BCUT2D eigenvalue weighted by molar-refractivity contribution is 0.390. The molecular weight excluding hydrogens is 312 g/mol. The summed E-state index contributed by atoms with van der Waals surface area (Å²) in [4.78, 5) is -0.0142. The lowest BCUT2D eigenvalue weighted by Gasteiger charge is -2.10. The van der Waals surface area contributed by atoms with Gasteiger partial charge in [0, 0.05) is 0 Å². The molecule has 0 aliphatic carbocycles. The van der Waals surface area contributed by atoms with Crippen molar-refractivity contribution in [3.63, 3.8) is 0 Å². The SMILES string of the molecule is COc1ccccc1OS(=O)(=O)c1cccc2nsnc12. The maximum atomic E-state index is 12.4. The van der Waals surface area contributed by atoms with Crippen LogP contribution in [0.1, 0.15) is 0 Å². The van der Waals surface area contributed by atoms with Crippen molar-refractivity contribution >= 4 is 32.9 Å². The molecule has 21 heavy (non-hydrogen) atoms. The molecule has 0 fully saturated rings. The zero-order valence-corrected chi connectivity index (χ0v) is 12.5. The average molecular weight is 322 g/mol. The summed E-state index contributed by atoms with van der Waals surface area (Å²) in [5.41, 5.74) is 0.821. The molecule has 0 aliphatic rings. The Labute approximate surface area is 125 Å². The normalized spacial score (nSPS) is 11.5. The molecule has 0 radical (unpaired) electrons. The molecule has 0 N–H and O–H groups in total. The number of fused-ring (bicyclic) bond motifs is 1. The predicted molar refractivity (Wildman–Crippen MR) is 78.2 cm³/mol. The standard InChI is InChI=1S/C13H10N2O4S2/c1-18-10-6-2-3-7-11(10)19-21(16,17)12-8-4-5-9-13(12)15-20-14-9/h2-8H,1H3. The van der Waals surface area contributed by atoms with Crippen molar-refractivity contribution in [1.82, 2.24) is 8.75 Å². The summed E-state index contributed by atoms with van der Waals surface area (Å²) < 4.78 is 43.2. The monoisotopic (exact) mass is 322 g/mol. The van der Waals surface area contributed by atoms with Crippen molar-refractivity contribution in [3.05, 3.63) is 42.5 Å². The van der Waals surface area contributed by atoms with Crippen LogP contribution >= 0.6 is 11.7 Å². The molecule has 0 atom stereocenters. The van der Waals surface area contributed by atoms with Crippen LogP contribution in [0.15, 0.2) is 47.4 Å². The van der Waals surface area contributed by atoms with Crippen molar-refractivity contribution in [3.8, 4) is 11.5 Å². The minimum atomic E-state index is -4.02. The van der Waals surface area contributed by atoms with Gasteiger partial charge in [-0.2, -0.15) is 17.2 Å². The van der Waals surface area contributed by atoms with Crippen LogP contribution in [0.2, 0.25) is 0 Å². The molecule has 0 bridgehead atoms. The van der Waals surface area contributed by atoms with Gasteiger partial charge in [-0.05, 0) is 24.3 Å². The van der Waals surface area contributed by atoms with Crippen LogP contribution in [0.4, 0.5) is 0 Å². The highest BCUT2D eigenvalue weighted by Crippen LogP contribution is 2.30. The summed E-state index contributed by atoms with van der Waals surface area (Å²) in [7, 11) is -2.57. The van der Waals surface area contributed by atoms with Gasteiger partial charge in [0.05, 0.1) is 18.8 Å². The summed E-state index contributed by atoms with van der Waals surface area (Å²) in [5, 5.41) is 0. The lowest BCUT2D eigenvalue weighted by atomic mass is 10.3. The van der Waals surface area contributed by atoms with Gasteiger partial charge in [0.25, 0.3) is 0 Å². The van der Waals surface area contributed by atoms with Crippen LogP contribution in [0, 0.1) is 0 Å². The molecule has 0 amide bonds. The molecule has 2 aromatic carbocycles. The molecule has 0 unspecified atom stereocenters. The van der Waals surface area contributed by atoms with Crippen LogP contribution in [-0.2, 0) is 10.1 Å². The molecule has 0 saturated carbocycles. The maximum absolute atomic E-state index is 12.4. The number of rotatable bonds is 4. The Hall–Kier alpha value is -2.19. The van der Waals surface area contributed by atoms with E-state index < -0.39 is 10.1 Å². The summed E-state index contributed by atoms with van der Waals surface area (Å²) in [5.74, 6) is 0.463. The molecular formula is C13H10N2O4S2. The van der Waals surface area contributed by atoms with E-state index in [2.05, 4.69) is 8.75 Å². The van der Waals surface area contributed by atoms with Gasteiger partial charge in [0.2, 0.25) is 0 Å². The van der Waals surface area contributed by atoms with Gasteiger partial charge in [0.1, 0.15) is 15.9 Å². The average Bonchev–Trinajstić information content (AvgIpc) is 2.95. The minimum absolute atomic E-state index is 0.0142. The molecule has 6 nitrogen and oxygen atoms in total. The molecule has 108 valence electrons. The molecule has 0 saturated heterocycles. The van der Waals surface area contributed by atoms with Gasteiger partial charge in [-0.15, -0.1) is 0 Å². The number of hydrogen-bond donors (Lipinski definition) is 0. The highest BCUT2D eigenvalue weighted by molar-refractivity contribution is 7.87. The van der Waals surface area contributed by atoms with E-state index in [1.807, 2.05) is 0 Å². The zero-order chi connectivity index (χ0) is 14.9. The Morgan fingerprint density at radius 3 is 2.52 bits per heavy atom. The lowest BCUT2D eigenvalue weighted by Crippen LogP contribution is -2.11. The van der Waals surface area contributed by atoms with Crippen LogP contribution in [-0.4, -0.2) is 24.3 Å². The molecule has 0 aliphatic heterocycles. The minimum Gasteiger partial charge on any atom is -0.493 e. The number of nitrogens with zero attached hydrogens (tertiary/aromatic N) is 2. The van der Waals surface area contributed by atoms with Gasteiger partial charge in [-0.3, -0.25) is 0 Å². The van der Waals surface area contributed by atoms with Gasteiger partial charge in [0.15, 0.2) is 11.5 Å². The Bertz CT molecular complexity index is 890. The van der Waals surface area contributed by atoms with Crippen molar-refractivity contribution in [2.24, 2.45) is 0 Å². The Balaban J connectivity index is 2.07. The first-order valence-electron chi connectivity index (χ1n) is 5.90. The Morgan fingerprint density at radius 2 is 1.76 bits per heavy atom. The second-order valence-corrected chi connectivity index (χ2v) is 6.12. The topological polar surface area (TPSA) is 78.4 Å². The number of benzene rings is 2. The van der Waals surface area contributed by atoms with Gasteiger partial charge >= 0.3 is 10.1 Å². The first-order chi connectivity index (χ1) is 10.1. The molecule has 3 aromatic rings. The molecule has 1 heterocycles. The van der Waals surface area contributed by atoms with Crippen LogP contribution in [0.25, 0.3) is 11.0 Å². The second kappa shape index (κ2) is 5.30. The van der Waals surface area contributed by atoms with Gasteiger partial charge in [-0.1, -0.05) is 18.2 Å². The second-order valence-electron chi connectivity index (χ2n) is 4.08. The third kappa shape index (κ3) is 2.55. The Kier molecular flexibility index (Phi) is 3.48. The predicted octanol–water partition coefficient (Wildman–Crippen LogP) is 2.47. The van der Waals surface area contributed by atoms with E-state index in [0.717, 1.165) is 11.7 Å². The van der Waals surface area contributed by atoms with Crippen LogP contribution in [0.5, 0.6) is 11.5 Å². The summed E-state index contributed by atoms with van der Waals surface area (Å²) in [6.07, 6.45) is 0. The van der Waals surface area contributed by atoms with Crippen molar-refractivity contribution < 1.29 is 17.3 Å². The van der Waals surface area contributed by atoms with E-state index in [1.54, 1.807) is 30.3 Å². The number of ether oxygens (including phenoxy) is 1. The summed E-state index contributed by atoms with van der Waals surface area (Å²) in [6.45, 7) is 0. The smallest absolute Gasteiger partial charge is 0.341 e. The van der Waals surface area contributed by atoms with Crippen LogP contribution in [0.3, 0.4) is 0 Å². The van der Waals surface area contributed by atoms with E-state index in [1.165, 1.54) is 19.2 Å². The number of methoxy groups -OCH3 is 1. The van der Waals surface area contributed by atoms with E-state index in [4.69, 9.17) is 8.92 Å². The number of para-hydroxylation sites is 2. The highest BCUT2D eigenvalue weighted by atomic mass is 32.2. The largest absolute Gasteiger partial charge is 0.493 e. The zero-order valence-electron chi connectivity index (χ0n) is 10.9. The Morgan fingerprint density at radius 1 is 1.00 bits per heavy atom. The van der Waals surface area contributed by atoms with Gasteiger partial charge in [-0.25, -0.2) is 0 Å². The summed E-state index contributed by atoms with van der Waals surface area (Å²) in [6, 6.07) is 11.3. The molecule has 8 heteroatoms. The quantitative estimate of drug-likeness (QED) is 0.687. The molecule has 1 aromatic heterocycles. The van der Waals surface area contributed by atoms with Crippen molar-refractivity contribution in [1.29, 1.82) is 0 Å².